The maximum Gasteiger partial charge on any atom is 0.374 e. The lowest BCUT2D eigenvalue weighted by Crippen LogP contribution is -2.15. The molecule has 0 bridgehead atoms. The number of para-hydroxylation sites is 1. The standard InChI is InChI=1S/C29H35NO6/c1-4-5-6-7-8-9-17-34-22-15-13-21(14-16-22)28(32)30-24-12-10-11-23-25(31)18-26(36-27(23)24)29(33)35-19-20(2)3/h10-16,18,20H,4-9,17,19H2,1-3H3,(H,30,32). The number of amides is 1. The Kier molecular flexibility index (Phi) is 10.1. The maximum atomic E-state index is 12.9. The van der Waals surface area contributed by atoms with E-state index in [-0.39, 0.29) is 40.8 Å². The molecule has 3 aromatic rings. The molecule has 1 N–H and O–H groups in total. The summed E-state index contributed by atoms with van der Waals surface area (Å²) in [5.41, 5.74) is 0.440. The van der Waals surface area contributed by atoms with Gasteiger partial charge in [-0.1, -0.05) is 58.9 Å². The van der Waals surface area contributed by atoms with Gasteiger partial charge in [0.1, 0.15) is 5.75 Å². The van der Waals surface area contributed by atoms with E-state index < -0.39 is 11.4 Å². The first kappa shape index (κ1) is 27.0. The summed E-state index contributed by atoms with van der Waals surface area (Å²) < 4.78 is 16.7. The number of ether oxygens (including phenoxy) is 2. The monoisotopic (exact) mass is 493 g/mol. The van der Waals surface area contributed by atoms with Gasteiger partial charge < -0.3 is 19.2 Å². The third-order valence-electron chi connectivity index (χ3n) is 5.63. The number of hydrogen-bond donors (Lipinski definition) is 1. The molecule has 0 radical (unpaired) electrons. The maximum absolute atomic E-state index is 12.9. The molecule has 0 aliphatic rings. The van der Waals surface area contributed by atoms with E-state index in [1.807, 2.05) is 13.8 Å². The van der Waals surface area contributed by atoms with E-state index in [1.54, 1.807) is 42.5 Å². The van der Waals surface area contributed by atoms with Crippen LogP contribution in [0.4, 0.5) is 5.69 Å². The minimum atomic E-state index is -0.722. The van der Waals surface area contributed by atoms with Crippen molar-refractivity contribution in [3.63, 3.8) is 0 Å². The quantitative estimate of drug-likeness (QED) is 0.213. The first-order valence-electron chi connectivity index (χ1n) is 12.7. The highest BCUT2D eigenvalue weighted by Crippen LogP contribution is 2.24. The fourth-order valence-corrected chi connectivity index (χ4v) is 3.66. The van der Waals surface area contributed by atoms with Crippen molar-refractivity contribution in [2.45, 2.75) is 59.3 Å². The predicted molar refractivity (Wildman–Crippen MR) is 141 cm³/mol. The Morgan fingerprint density at radius 3 is 2.42 bits per heavy atom. The van der Waals surface area contributed by atoms with Gasteiger partial charge in [-0.15, -0.1) is 0 Å². The SMILES string of the molecule is CCCCCCCCOc1ccc(C(=O)Nc2cccc3c(=O)cc(C(=O)OCC(C)C)oc23)cc1. The third-order valence-corrected chi connectivity index (χ3v) is 5.63. The van der Waals surface area contributed by atoms with Crippen LogP contribution in [0.25, 0.3) is 11.0 Å². The molecule has 0 spiro atoms. The van der Waals surface area contributed by atoms with Gasteiger partial charge >= 0.3 is 5.97 Å². The van der Waals surface area contributed by atoms with Crippen LogP contribution in [0.1, 0.15) is 80.2 Å². The second-order valence-electron chi connectivity index (χ2n) is 9.24. The Morgan fingerprint density at radius 2 is 1.69 bits per heavy atom. The molecule has 0 saturated carbocycles. The lowest BCUT2D eigenvalue weighted by molar-refractivity contribution is 0.0423. The Labute approximate surface area is 211 Å². The van der Waals surface area contributed by atoms with E-state index in [0.717, 1.165) is 18.9 Å². The third kappa shape index (κ3) is 7.70. The molecular weight excluding hydrogens is 458 g/mol. The number of unbranched alkanes of at least 4 members (excludes halogenated alkanes) is 5. The van der Waals surface area contributed by atoms with Gasteiger partial charge in [0.2, 0.25) is 5.76 Å². The van der Waals surface area contributed by atoms with Crippen molar-refractivity contribution in [1.29, 1.82) is 0 Å². The molecule has 0 aliphatic heterocycles. The summed E-state index contributed by atoms with van der Waals surface area (Å²) in [5.74, 6) is -0.452. The molecular formula is C29H35NO6. The fraction of sp³-hybridized carbons (Fsp3) is 0.414. The topological polar surface area (TPSA) is 94.8 Å². The summed E-state index contributed by atoms with van der Waals surface area (Å²) in [6, 6.07) is 12.8. The van der Waals surface area contributed by atoms with Crippen molar-refractivity contribution in [1.82, 2.24) is 0 Å². The highest BCUT2D eigenvalue weighted by atomic mass is 16.5. The Hall–Kier alpha value is -3.61. The minimum Gasteiger partial charge on any atom is -0.494 e. The highest BCUT2D eigenvalue weighted by molar-refractivity contribution is 6.08. The van der Waals surface area contributed by atoms with E-state index in [9.17, 15) is 14.4 Å². The van der Waals surface area contributed by atoms with Gasteiger partial charge in [0.25, 0.3) is 5.91 Å². The number of carbonyl (C=O) groups is 2. The summed E-state index contributed by atoms with van der Waals surface area (Å²) >= 11 is 0. The molecule has 1 amide bonds. The molecule has 3 rings (SSSR count). The van der Waals surface area contributed by atoms with Crippen molar-refractivity contribution in [2.75, 3.05) is 18.5 Å². The van der Waals surface area contributed by atoms with Crippen LogP contribution in [0, 0.1) is 5.92 Å². The molecule has 192 valence electrons. The highest BCUT2D eigenvalue weighted by Gasteiger charge is 2.17. The number of rotatable bonds is 13. The predicted octanol–water partition coefficient (Wildman–Crippen LogP) is 6.60. The smallest absolute Gasteiger partial charge is 0.374 e. The average molecular weight is 494 g/mol. The van der Waals surface area contributed by atoms with E-state index in [0.29, 0.717) is 17.9 Å². The molecule has 2 aromatic carbocycles. The van der Waals surface area contributed by atoms with Crippen molar-refractivity contribution in [3.05, 3.63) is 70.1 Å². The van der Waals surface area contributed by atoms with Gasteiger partial charge in [-0.2, -0.15) is 0 Å². The van der Waals surface area contributed by atoms with E-state index in [2.05, 4.69) is 12.2 Å². The van der Waals surface area contributed by atoms with E-state index in [4.69, 9.17) is 13.9 Å². The second-order valence-corrected chi connectivity index (χ2v) is 9.24. The number of esters is 1. The Balaban J connectivity index is 1.65. The van der Waals surface area contributed by atoms with Crippen LogP contribution >= 0.6 is 0 Å². The number of hydrogen-bond acceptors (Lipinski definition) is 6. The van der Waals surface area contributed by atoms with Crippen LogP contribution in [-0.4, -0.2) is 25.1 Å². The minimum absolute atomic E-state index is 0.119. The molecule has 36 heavy (non-hydrogen) atoms. The number of nitrogens with one attached hydrogen (secondary N) is 1. The van der Waals surface area contributed by atoms with Crippen molar-refractivity contribution in [3.8, 4) is 5.75 Å². The molecule has 1 heterocycles. The first-order chi connectivity index (χ1) is 17.4. The summed E-state index contributed by atoms with van der Waals surface area (Å²) in [5, 5.41) is 3.03. The van der Waals surface area contributed by atoms with Crippen LogP contribution in [0.15, 0.2) is 57.7 Å². The second kappa shape index (κ2) is 13.5. The molecule has 0 atom stereocenters. The van der Waals surface area contributed by atoms with Crippen molar-refractivity contribution in [2.24, 2.45) is 5.92 Å². The number of benzene rings is 2. The van der Waals surface area contributed by atoms with Crippen molar-refractivity contribution >= 4 is 28.5 Å². The van der Waals surface area contributed by atoms with Crippen LogP contribution in [-0.2, 0) is 4.74 Å². The number of anilines is 1. The lowest BCUT2D eigenvalue weighted by atomic mass is 10.1. The van der Waals surface area contributed by atoms with Crippen LogP contribution in [0.5, 0.6) is 5.75 Å². The molecule has 1 aromatic heterocycles. The summed E-state index contributed by atoms with van der Waals surface area (Å²) in [6.45, 7) is 6.87. The lowest BCUT2D eigenvalue weighted by Gasteiger charge is -2.11. The zero-order valence-corrected chi connectivity index (χ0v) is 21.3. The van der Waals surface area contributed by atoms with Gasteiger partial charge in [-0.25, -0.2) is 4.79 Å². The molecule has 0 fully saturated rings. The van der Waals surface area contributed by atoms with Gasteiger partial charge in [-0.3, -0.25) is 9.59 Å². The van der Waals surface area contributed by atoms with Crippen LogP contribution < -0.4 is 15.5 Å². The zero-order chi connectivity index (χ0) is 25.9. The molecule has 7 heteroatoms. The summed E-state index contributed by atoms with van der Waals surface area (Å²) in [6.07, 6.45) is 7.17. The van der Waals surface area contributed by atoms with Crippen molar-refractivity contribution < 1.29 is 23.5 Å². The van der Waals surface area contributed by atoms with Gasteiger partial charge in [0.15, 0.2) is 11.0 Å². The van der Waals surface area contributed by atoms with Gasteiger partial charge in [0.05, 0.1) is 24.3 Å². The molecule has 0 aliphatic carbocycles. The average Bonchev–Trinajstić information content (AvgIpc) is 2.87. The molecule has 7 nitrogen and oxygen atoms in total. The molecule has 0 unspecified atom stereocenters. The van der Waals surface area contributed by atoms with Gasteiger partial charge in [-0.05, 0) is 48.7 Å². The summed E-state index contributed by atoms with van der Waals surface area (Å²) in [4.78, 5) is 37.8. The van der Waals surface area contributed by atoms with Crippen LogP contribution in [0.2, 0.25) is 0 Å². The van der Waals surface area contributed by atoms with Crippen LogP contribution in [0.3, 0.4) is 0 Å². The molecule has 0 saturated heterocycles. The normalized spacial score (nSPS) is 11.0. The van der Waals surface area contributed by atoms with E-state index in [1.165, 1.54) is 25.7 Å². The summed E-state index contributed by atoms with van der Waals surface area (Å²) in [7, 11) is 0. The Bertz CT molecular complexity index is 1210. The Morgan fingerprint density at radius 1 is 0.972 bits per heavy atom. The largest absolute Gasteiger partial charge is 0.494 e. The number of fused-ring (bicyclic) bond motifs is 1. The number of carbonyl (C=O) groups excluding carboxylic acids is 2. The zero-order valence-electron chi connectivity index (χ0n) is 21.3. The van der Waals surface area contributed by atoms with E-state index >= 15 is 0 Å². The fourth-order valence-electron chi connectivity index (χ4n) is 3.66. The van der Waals surface area contributed by atoms with Gasteiger partial charge in [0, 0.05) is 11.6 Å². The first-order valence-corrected chi connectivity index (χ1v) is 12.7.